The van der Waals surface area contributed by atoms with E-state index in [1.807, 2.05) is 45.3 Å². The fraction of sp³-hybridized carbons (Fsp3) is 0.500. The summed E-state index contributed by atoms with van der Waals surface area (Å²) in [5, 5.41) is 8.50. The molecule has 0 radical (unpaired) electrons. The first-order valence-electron chi connectivity index (χ1n) is 8.60. The van der Waals surface area contributed by atoms with Gasteiger partial charge in [-0.3, -0.25) is 4.79 Å². The Morgan fingerprint density at radius 2 is 1.80 bits per heavy atom. The molecule has 1 aromatic carbocycles. The summed E-state index contributed by atoms with van der Waals surface area (Å²) in [7, 11) is 0. The molecule has 1 heterocycles. The quantitative estimate of drug-likeness (QED) is 0.750. The fourth-order valence-corrected chi connectivity index (χ4v) is 2.61. The second-order valence-electron chi connectivity index (χ2n) is 6.70. The largest absolute Gasteiger partial charge is 0.350 e. The number of aromatic nitrogens is 2. The first-order chi connectivity index (χ1) is 11.8. The lowest BCUT2D eigenvalue weighted by atomic mass is 10.2. The zero-order valence-corrected chi connectivity index (χ0v) is 15.5. The summed E-state index contributed by atoms with van der Waals surface area (Å²) in [6.45, 7) is 10.7. The molecular weight excluding hydrogens is 318 g/mol. The summed E-state index contributed by atoms with van der Waals surface area (Å²) >= 11 is 0. The molecule has 1 aromatic heterocycles. The maximum absolute atomic E-state index is 12.1. The molecule has 136 valence electrons. The third-order valence-electron chi connectivity index (χ3n) is 3.66. The number of aryl methyl sites for hydroxylation is 1. The summed E-state index contributed by atoms with van der Waals surface area (Å²) in [6.07, 6.45) is 0. The molecule has 0 unspecified atom stereocenters. The SMILES string of the molecule is Cc1nc2cc(C(=O)NC(C)C)ccc2n1CCNC(=O)NC(C)C. The minimum Gasteiger partial charge on any atom is -0.350 e. The lowest BCUT2D eigenvalue weighted by molar-refractivity contribution is 0.0943. The number of nitrogens with zero attached hydrogens (tertiary/aromatic N) is 2. The van der Waals surface area contributed by atoms with Gasteiger partial charge in [0.2, 0.25) is 0 Å². The van der Waals surface area contributed by atoms with E-state index in [1.165, 1.54) is 0 Å². The highest BCUT2D eigenvalue weighted by molar-refractivity contribution is 5.97. The third kappa shape index (κ3) is 4.95. The van der Waals surface area contributed by atoms with Crippen LogP contribution in [-0.2, 0) is 6.54 Å². The van der Waals surface area contributed by atoms with Crippen LogP contribution >= 0.6 is 0 Å². The highest BCUT2D eigenvalue weighted by Gasteiger charge is 2.12. The van der Waals surface area contributed by atoms with Crippen molar-refractivity contribution >= 4 is 23.0 Å². The Kier molecular flexibility index (Phi) is 6.01. The normalized spacial score (nSPS) is 11.2. The summed E-state index contributed by atoms with van der Waals surface area (Å²) < 4.78 is 2.04. The Hall–Kier alpha value is -2.57. The maximum Gasteiger partial charge on any atom is 0.315 e. The number of nitrogens with one attached hydrogen (secondary N) is 3. The van der Waals surface area contributed by atoms with Crippen LogP contribution < -0.4 is 16.0 Å². The van der Waals surface area contributed by atoms with Gasteiger partial charge in [0, 0.05) is 30.7 Å². The Morgan fingerprint density at radius 3 is 2.44 bits per heavy atom. The molecule has 0 atom stereocenters. The molecule has 0 spiro atoms. The number of carbonyl (C=O) groups is 2. The van der Waals surface area contributed by atoms with E-state index in [0.29, 0.717) is 18.7 Å². The maximum atomic E-state index is 12.1. The molecule has 0 saturated heterocycles. The van der Waals surface area contributed by atoms with Crippen molar-refractivity contribution < 1.29 is 9.59 Å². The zero-order chi connectivity index (χ0) is 18.6. The van der Waals surface area contributed by atoms with Crippen molar-refractivity contribution in [2.75, 3.05) is 6.54 Å². The van der Waals surface area contributed by atoms with Crippen molar-refractivity contribution in [1.82, 2.24) is 25.5 Å². The van der Waals surface area contributed by atoms with Gasteiger partial charge in [-0.05, 0) is 52.8 Å². The van der Waals surface area contributed by atoms with Crippen molar-refractivity contribution in [3.63, 3.8) is 0 Å². The van der Waals surface area contributed by atoms with Gasteiger partial charge in [-0.2, -0.15) is 0 Å². The van der Waals surface area contributed by atoms with Gasteiger partial charge in [0.25, 0.3) is 5.91 Å². The van der Waals surface area contributed by atoms with Crippen molar-refractivity contribution in [1.29, 1.82) is 0 Å². The number of benzene rings is 1. The van der Waals surface area contributed by atoms with Gasteiger partial charge in [0.05, 0.1) is 11.0 Å². The number of hydrogen-bond donors (Lipinski definition) is 3. The van der Waals surface area contributed by atoms with Crippen LogP contribution in [-0.4, -0.2) is 40.1 Å². The molecule has 0 aliphatic rings. The van der Waals surface area contributed by atoms with Gasteiger partial charge in [-0.1, -0.05) is 0 Å². The van der Waals surface area contributed by atoms with Crippen LogP contribution in [0.1, 0.15) is 43.9 Å². The zero-order valence-electron chi connectivity index (χ0n) is 15.5. The Bertz CT molecular complexity index is 764. The van der Waals surface area contributed by atoms with Crippen LogP contribution in [0.2, 0.25) is 0 Å². The number of fused-ring (bicyclic) bond motifs is 1. The van der Waals surface area contributed by atoms with Gasteiger partial charge in [0.15, 0.2) is 0 Å². The molecule has 25 heavy (non-hydrogen) atoms. The van der Waals surface area contributed by atoms with Crippen molar-refractivity contribution in [2.45, 2.75) is 53.2 Å². The monoisotopic (exact) mass is 345 g/mol. The number of rotatable bonds is 6. The van der Waals surface area contributed by atoms with Gasteiger partial charge in [0.1, 0.15) is 5.82 Å². The molecule has 0 saturated carbocycles. The van der Waals surface area contributed by atoms with Crippen LogP contribution in [0.4, 0.5) is 4.79 Å². The minimum atomic E-state index is -0.176. The lowest BCUT2D eigenvalue weighted by Gasteiger charge is -2.12. The van der Waals surface area contributed by atoms with Crippen molar-refractivity contribution in [2.24, 2.45) is 0 Å². The van der Waals surface area contributed by atoms with Gasteiger partial charge in [-0.25, -0.2) is 9.78 Å². The van der Waals surface area contributed by atoms with Crippen LogP contribution in [0.25, 0.3) is 11.0 Å². The molecule has 0 bridgehead atoms. The van der Waals surface area contributed by atoms with Crippen LogP contribution in [0.15, 0.2) is 18.2 Å². The molecule has 0 aliphatic carbocycles. The molecule has 7 nitrogen and oxygen atoms in total. The second kappa shape index (κ2) is 8.00. The molecule has 0 fully saturated rings. The molecule has 0 aliphatic heterocycles. The van der Waals surface area contributed by atoms with Gasteiger partial charge < -0.3 is 20.5 Å². The molecule has 3 N–H and O–H groups in total. The highest BCUT2D eigenvalue weighted by atomic mass is 16.2. The van der Waals surface area contributed by atoms with E-state index >= 15 is 0 Å². The van der Waals surface area contributed by atoms with E-state index in [9.17, 15) is 9.59 Å². The van der Waals surface area contributed by atoms with E-state index in [-0.39, 0.29) is 24.0 Å². The number of imidazole rings is 1. The summed E-state index contributed by atoms with van der Waals surface area (Å²) in [6, 6.07) is 5.52. The fourth-order valence-electron chi connectivity index (χ4n) is 2.61. The van der Waals surface area contributed by atoms with E-state index in [4.69, 9.17) is 0 Å². The lowest BCUT2D eigenvalue weighted by Crippen LogP contribution is -2.40. The van der Waals surface area contributed by atoms with Crippen LogP contribution in [0.5, 0.6) is 0 Å². The molecule has 2 aromatic rings. The number of carbonyl (C=O) groups excluding carboxylic acids is 2. The summed E-state index contributed by atoms with van der Waals surface area (Å²) in [4.78, 5) is 28.3. The standard InChI is InChI=1S/C18H27N5O2/c1-11(2)20-17(24)14-6-7-16-15(10-14)22-13(5)23(16)9-8-19-18(25)21-12(3)4/h6-7,10-12H,8-9H2,1-5H3,(H,20,24)(H2,19,21,25). The van der Waals surface area contributed by atoms with Crippen LogP contribution in [0, 0.1) is 6.92 Å². The average molecular weight is 345 g/mol. The molecule has 3 amide bonds. The summed E-state index contributed by atoms with van der Waals surface area (Å²) in [5.74, 6) is 0.749. The highest BCUT2D eigenvalue weighted by Crippen LogP contribution is 2.17. The van der Waals surface area contributed by atoms with Gasteiger partial charge in [-0.15, -0.1) is 0 Å². The average Bonchev–Trinajstić information content (AvgIpc) is 2.81. The third-order valence-corrected chi connectivity index (χ3v) is 3.66. The second-order valence-corrected chi connectivity index (χ2v) is 6.70. The Balaban J connectivity index is 2.10. The Labute approximate surface area is 148 Å². The van der Waals surface area contributed by atoms with Crippen molar-refractivity contribution in [3.05, 3.63) is 29.6 Å². The molecule has 2 rings (SSSR count). The molecular formula is C18H27N5O2. The summed E-state index contributed by atoms with van der Waals surface area (Å²) in [5.41, 5.74) is 2.32. The Morgan fingerprint density at radius 1 is 1.12 bits per heavy atom. The predicted octanol–water partition coefficient (Wildman–Crippen LogP) is 2.19. The smallest absolute Gasteiger partial charge is 0.315 e. The minimum absolute atomic E-state index is 0.0885. The van der Waals surface area contributed by atoms with E-state index in [1.54, 1.807) is 12.1 Å². The van der Waals surface area contributed by atoms with Crippen molar-refractivity contribution in [3.8, 4) is 0 Å². The number of urea groups is 1. The van der Waals surface area contributed by atoms with E-state index in [0.717, 1.165) is 16.9 Å². The topological polar surface area (TPSA) is 88.1 Å². The van der Waals surface area contributed by atoms with E-state index in [2.05, 4.69) is 20.9 Å². The number of amides is 3. The van der Waals surface area contributed by atoms with E-state index < -0.39 is 0 Å². The first-order valence-corrected chi connectivity index (χ1v) is 8.60. The predicted molar refractivity (Wildman–Crippen MR) is 98.7 cm³/mol. The first kappa shape index (κ1) is 18.8. The van der Waals surface area contributed by atoms with Gasteiger partial charge >= 0.3 is 6.03 Å². The number of hydrogen-bond acceptors (Lipinski definition) is 3. The molecule has 7 heteroatoms. The van der Waals surface area contributed by atoms with Crippen LogP contribution in [0.3, 0.4) is 0 Å².